The number of carbonyl (C=O) groups excluding carboxylic acids is 1. The zero-order valence-electron chi connectivity index (χ0n) is 13.7. The van der Waals surface area contributed by atoms with Crippen LogP contribution in [0.15, 0.2) is 48.8 Å². The normalized spacial score (nSPS) is 12.4. The number of ether oxygens (including phenoxy) is 1. The lowest BCUT2D eigenvalue weighted by Gasteiger charge is -2.21. The lowest BCUT2D eigenvalue weighted by molar-refractivity contribution is -0.274. The molecule has 5 nitrogen and oxygen atoms in total. The Hall–Kier alpha value is -2.77. The van der Waals surface area contributed by atoms with Gasteiger partial charge in [-0.2, -0.15) is 0 Å². The molecule has 0 aliphatic carbocycles. The number of amides is 2. The van der Waals surface area contributed by atoms with Gasteiger partial charge < -0.3 is 15.0 Å². The molecule has 0 bridgehead atoms. The molecule has 0 fully saturated rings. The molecule has 25 heavy (non-hydrogen) atoms. The summed E-state index contributed by atoms with van der Waals surface area (Å²) in [6.45, 7) is 2.10. The first kappa shape index (κ1) is 18.6. The molecule has 0 spiro atoms. The molecule has 1 unspecified atom stereocenters. The smallest absolute Gasteiger partial charge is 0.406 e. The fourth-order valence-electron chi connectivity index (χ4n) is 2.17. The average molecular weight is 353 g/mol. The first-order valence-electron chi connectivity index (χ1n) is 7.51. The first-order valence-corrected chi connectivity index (χ1v) is 7.51. The number of alkyl halides is 3. The van der Waals surface area contributed by atoms with Gasteiger partial charge in [-0.1, -0.05) is 12.1 Å². The van der Waals surface area contributed by atoms with Crippen molar-refractivity contribution < 1.29 is 22.7 Å². The van der Waals surface area contributed by atoms with E-state index in [-0.39, 0.29) is 24.4 Å². The van der Waals surface area contributed by atoms with E-state index in [2.05, 4.69) is 15.0 Å². The van der Waals surface area contributed by atoms with E-state index in [0.29, 0.717) is 5.56 Å². The third-order valence-electron chi connectivity index (χ3n) is 3.47. The highest BCUT2D eigenvalue weighted by Gasteiger charge is 2.30. The minimum Gasteiger partial charge on any atom is -0.406 e. The molecule has 2 amide bonds. The van der Waals surface area contributed by atoms with Gasteiger partial charge in [-0.05, 0) is 42.3 Å². The molecule has 1 aromatic carbocycles. The number of pyridine rings is 1. The number of benzene rings is 1. The summed E-state index contributed by atoms with van der Waals surface area (Å²) in [5, 5.41) is 2.84. The topological polar surface area (TPSA) is 54.5 Å². The molecule has 0 saturated heterocycles. The quantitative estimate of drug-likeness (QED) is 0.887. The van der Waals surface area contributed by atoms with Gasteiger partial charge >= 0.3 is 12.4 Å². The van der Waals surface area contributed by atoms with E-state index in [1.807, 2.05) is 19.1 Å². The van der Waals surface area contributed by atoms with Crippen molar-refractivity contribution >= 4 is 6.03 Å². The van der Waals surface area contributed by atoms with E-state index in [1.54, 1.807) is 19.4 Å². The van der Waals surface area contributed by atoms with Crippen molar-refractivity contribution in [2.45, 2.75) is 25.9 Å². The maximum absolute atomic E-state index is 12.2. The highest BCUT2D eigenvalue weighted by atomic mass is 19.4. The molecule has 134 valence electrons. The van der Waals surface area contributed by atoms with Crippen LogP contribution in [0.5, 0.6) is 5.75 Å². The minimum atomic E-state index is -4.72. The number of hydrogen-bond donors (Lipinski definition) is 1. The summed E-state index contributed by atoms with van der Waals surface area (Å²) >= 11 is 0. The largest absolute Gasteiger partial charge is 0.573 e. The maximum Gasteiger partial charge on any atom is 0.573 e. The van der Waals surface area contributed by atoms with Crippen LogP contribution in [0.2, 0.25) is 0 Å². The number of rotatable bonds is 5. The van der Waals surface area contributed by atoms with E-state index in [9.17, 15) is 18.0 Å². The summed E-state index contributed by atoms with van der Waals surface area (Å²) in [5.41, 5.74) is 1.61. The molecular formula is C17H18F3N3O2. The van der Waals surface area contributed by atoms with E-state index < -0.39 is 6.36 Å². The Kier molecular flexibility index (Phi) is 5.84. The Bertz CT molecular complexity index is 691. The molecule has 0 aliphatic rings. The Morgan fingerprint density at radius 1 is 1.20 bits per heavy atom. The number of hydrogen-bond acceptors (Lipinski definition) is 3. The second-order valence-corrected chi connectivity index (χ2v) is 5.50. The van der Waals surface area contributed by atoms with Gasteiger partial charge in [0, 0.05) is 26.0 Å². The van der Waals surface area contributed by atoms with Crippen LogP contribution in [0, 0.1) is 0 Å². The Morgan fingerprint density at radius 2 is 1.80 bits per heavy atom. The predicted octanol–water partition coefficient (Wildman–Crippen LogP) is 3.88. The molecule has 2 rings (SSSR count). The molecular weight excluding hydrogens is 335 g/mol. The van der Waals surface area contributed by atoms with Crippen molar-refractivity contribution in [1.82, 2.24) is 15.2 Å². The standard InChI is InChI=1S/C17H18F3N3O2/c1-12(14-7-9-21-10-8-14)22-16(24)23(2)11-13-3-5-15(6-4-13)25-17(18,19)20/h3-10,12H,11H2,1-2H3,(H,22,24). The van der Waals surface area contributed by atoms with E-state index in [4.69, 9.17) is 0 Å². The van der Waals surface area contributed by atoms with Gasteiger partial charge in [0.25, 0.3) is 0 Å². The van der Waals surface area contributed by atoms with Crippen molar-refractivity contribution in [1.29, 1.82) is 0 Å². The van der Waals surface area contributed by atoms with Gasteiger partial charge in [-0.3, -0.25) is 4.98 Å². The highest BCUT2D eigenvalue weighted by molar-refractivity contribution is 5.74. The van der Waals surface area contributed by atoms with Crippen molar-refractivity contribution in [3.8, 4) is 5.75 Å². The number of halogens is 3. The molecule has 2 aromatic rings. The molecule has 1 heterocycles. The van der Waals surface area contributed by atoms with E-state index in [0.717, 1.165) is 5.56 Å². The summed E-state index contributed by atoms with van der Waals surface area (Å²) in [7, 11) is 1.61. The number of urea groups is 1. The number of nitrogens with one attached hydrogen (secondary N) is 1. The molecule has 1 N–H and O–H groups in total. The fourth-order valence-corrected chi connectivity index (χ4v) is 2.17. The lowest BCUT2D eigenvalue weighted by Crippen LogP contribution is -2.38. The fraction of sp³-hybridized carbons (Fsp3) is 0.294. The lowest BCUT2D eigenvalue weighted by atomic mass is 10.1. The summed E-state index contributed by atoms with van der Waals surface area (Å²) in [6, 6.07) is 8.53. The third-order valence-corrected chi connectivity index (χ3v) is 3.47. The SMILES string of the molecule is CC(NC(=O)N(C)Cc1ccc(OC(F)(F)F)cc1)c1ccncc1. The van der Waals surface area contributed by atoms with Crippen molar-refractivity contribution in [3.05, 3.63) is 59.9 Å². The van der Waals surface area contributed by atoms with Gasteiger partial charge in [0.1, 0.15) is 5.75 Å². The number of nitrogens with zero attached hydrogens (tertiary/aromatic N) is 2. The average Bonchev–Trinajstić information content (AvgIpc) is 2.56. The van der Waals surface area contributed by atoms with Crippen LogP contribution < -0.4 is 10.1 Å². The van der Waals surface area contributed by atoms with Crippen LogP contribution >= 0.6 is 0 Å². The van der Waals surface area contributed by atoms with Crippen LogP contribution in [0.25, 0.3) is 0 Å². The Labute approximate surface area is 143 Å². The van der Waals surface area contributed by atoms with Crippen molar-refractivity contribution in [2.75, 3.05) is 7.05 Å². The van der Waals surface area contributed by atoms with Gasteiger partial charge in [-0.25, -0.2) is 4.79 Å². The van der Waals surface area contributed by atoms with Crippen molar-refractivity contribution in [3.63, 3.8) is 0 Å². The molecule has 0 aliphatic heterocycles. The van der Waals surface area contributed by atoms with Gasteiger partial charge in [0.05, 0.1) is 6.04 Å². The summed E-state index contributed by atoms with van der Waals surface area (Å²) in [4.78, 5) is 17.6. The maximum atomic E-state index is 12.2. The summed E-state index contributed by atoms with van der Waals surface area (Å²) in [6.07, 6.45) is -1.43. The predicted molar refractivity (Wildman–Crippen MR) is 85.8 cm³/mol. The highest BCUT2D eigenvalue weighted by Crippen LogP contribution is 2.23. The van der Waals surface area contributed by atoms with Crippen molar-refractivity contribution in [2.24, 2.45) is 0 Å². The third kappa shape index (κ3) is 5.98. The van der Waals surface area contributed by atoms with Gasteiger partial charge in [-0.15, -0.1) is 13.2 Å². The molecule has 1 aromatic heterocycles. The number of carbonyl (C=O) groups is 1. The van der Waals surface area contributed by atoms with Crippen LogP contribution in [0.1, 0.15) is 24.1 Å². The van der Waals surface area contributed by atoms with Gasteiger partial charge in [0.15, 0.2) is 0 Å². The monoisotopic (exact) mass is 353 g/mol. The number of aromatic nitrogens is 1. The molecule has 8 heteroatoms. The Morgan fingerprint density at radius 3 is 2.36 bits per heavy atom. The van der Waals surface area contributed by atoms with Crippen LogP contribution in [0.4, 0.5) is 18.0 Å². The molecule has 0 saturated carbocycles. The summed E-state index contributed by atoms with van der Waals surface area (Å²) < 4.78 is 40.2. The van der Waals surface area contributed by atoms with Crippen LogP contribution in [-0.2, 0) is 6.54 Å². The second kappa shape index (κ2) is 7.87. The second-order valence-electron chi connectivity index (χ2n) is 5.50. The first-order chi connectivity index (χ1) is 11.7. The molecule has 1 atom stereocenters. The van der Waals surface area contributed by atoms with Crippen LogP contribution in [-0.4, -0.2) is 29.3 Å². The zero-order chi connectivity index (χ0) is 18.4. The zero-order valence-corrected chi connectivity index (χ0v) is 13.7. The van der Waals surface area contributed by atoms with Gasteiger partial charge in [0.2, 0.25) is 0 Å². The Balaban J connectivity index is 1.90. The van der Waals surface area contributed by atoms with Crippen LogP contribution in [0.3, 0.4) is 0 Å². The minimum absolute atomic E-state index is 0.194. The molecule has 0 radical (unpaired) electrons. The van der Waals surface area contributed by atoms with E-state index in [1.165, 1.54) is 29.2 Å². The summed E-state index contributed by atoms with van der Waals surface area (Å²) in [5.74, 6) is -0.297. The van der Waals surface area contributed by atoms with E-state index >= 15 is 0 Å².